The van der Waals surface area contributed by atoms with Crippen LogP contribution in [-0.4, -0.2) is 10.2 Å². The smallest absolute Gasteiger partial charge is 0.119 e. The summed E-state index contributed by atoms with van der Waals surface area (Å²) in [6.45, 7) is 1.89. The van der Waals surface area contributed by atoms with Gasteiger partial charge in [-0.05, 0) is 43.4 Å². The fourth-order valence-corrected chi connectivity index (χ4v) is 2.61. The molecule has 1 aliphatic carbocycles. The van der Waals surface area contributed by atoms with Gasteiger partial charge in [0.05, 0.1) is 0 Å². The van der Waals surface area contributed by atoms with Gasteiger partial charge in [-0.25, -0.2) is 0 Å². The minimum absolute atomic E-state index is 0.299. The van der Waals surface area contributed by atoms with Gasteiger partial charge in [0.25, 0.3) is 0 Å². The normalized spacial score (nSPS) is 17.9. The van der Waals surface area contributed by atoms with Crippen LogP contribution in [0.5, 0.6) is 11.5 Å². The van der Waals surface area contributed by atoms with Gasteiger partial charge in [-0.2, -0.15) is 0 Å². The van der Waals surface area contributed by atoms with E-state index < -0.39 is 0 Å². The van der Waals surface area contributed by atoms with Crippen molar-refractivity contribution in [2.24, 2.45) is 0 Å². The van der Waals surface area contributed by atoms with Crippen molar-refractivity contribution in [1.82, 2.24) is 0 Å². The first-order chi connectivity index (χ1) is 7.20. The second-order valence-electron chi connectivity index (χ2n) is 4.48. The molecule has 0 saturated heterocycles. The van der Waals surface area contributed by atoms with E-state index in [-0.39, 0.29) is 0 Å². The molecule has 0 atom stereocenters. The molecule has 2 heteroatoms. The number of phenols is 2. The van der Waals surface area contributed by atoms with Gasteiger partial charge in [0.1, 0.15) is 11.5 Å². The van der Waals surface area contributed by atoms with E-state index >= 15 is 0 Å². The highest BCUT2D eigenvalue weighted by molar-refractivity contribution is 5.48. The van der Waals surface area contributed by atoms with E-state index in [9.17, 15) is 10.2 Å². The molecule has 0 aromatic heterocycles. The lowest BCUT2D eigenvalue weighted by Crippen LogP contribution is -2.06. The molecule has 0 heterocycles. The van der Waals surface area contributed by atoms with Gasteiger partial charge in [-0.15, -0.1) is 0 Å². The number of hydrogen-bond donors (Lipinski definition) is 2. The maximum Gasteiger partial charge on any atom is 0.119 e. The largest absolute Gasteiger partial charge is 0.508 e. The summed E-state index contributed by atoms with van der Waals surface area (Å²) in [5.41, 5.74) is 1.82. The second-order valence-corrected chi connectivity index (χ2v) is 4.48. The number of benzene rings is 1. The van der Waals surface area contributed by atoms with E-state index in [0.717, 1.165) is 24.0 Å². The minimum Gasteiger partial charge on any atom is -0.508 e. The number of phenolic OH excluding ortho intramolecular Hbond substituents is 2. The van der Waals surface area contributed by atoms with Crippen LogP contribution in [0.15, 0.2) is 12.1 Å². The maximum absolute atomic E-state index is 9.86. The predicted octanol–water partition coefficient (Wildman–Crippen LogP) is 3.45. The van der Waals surface area contributed by atoms with Crippen LogP contribution in [0.25, 0.3) is 0 Å². The van der Waals surface area contributed by atoms with Crippen LogP contribution in [0.3, 0.4) is 0 Å². The first-order valence-corrected chi connectivity index (χ1v) is 5.71. The second kappa shape index (κ2) is 4.13. The van der Waals surface area contributed by atoms with Crippen molar-refractivity contribution >= 4 is 0 Å². The Morgan fingerprint density at radius 2 is 1.60 bits per heavy atom. The van der Waals surface area contributed by atoms with Crippen LogP contribution in [0.4, 0.5) is 0 Å². The zero-order valence-electron chi connectivity index (χ0n) is 9.16. The molecule has 2 nitrogen and oxygen atoms in total. The Morgan fingerprint density at radius 1 is 1.00 bits per heavy atom. The highest BCUT2D eigenvalue weighted by Gasteiger charge is 2.21. The molecule has 1 aromatic carbocycles. The molecule has 2 rings (SSSR count). The first kappa shape index (κ1) is 10.3. The SMILES string of the molecule is Cc1c(O)ccc(O)c1C1CCCCC1. The molecule has 0 unspecified atom stereocenters. The van der Waals surface area contributed by atoms with E-state index in [4.69, 9.17) is 0 Å². The van der Waals surface area contributed by atoms with Crippen LogP contribution in [-0.2, 0) is 0 Å². The molecule has 0 aliphatic heterocycles. The standard InChI is InChI=1S/C13H18O2/c1-9-11(14)7-8-12(15)13(9)10-5-3-2-4-6-10/h7-8,10,14-15H,2-6H2,1H3. The third-order valence-corrected chi connectivity index (χ3v) is 3.48. The Bertz CT molecular complexity index is 352. The van der Waals surface area contributed by atoms with Crippen molar-refractivity contribution in [3.63, 3.8) is 0 Å². The summed E-state index contributed by atoms with van der Waals surface area (Å²) in [7, 11) is 0. The van der Waals surface area contributed by atoms with Gasteiger partial charge in [0.2, 0.25) is 0 Å². The van der Waals surface area contributed by atoms with Crippen molar-refractivity contribution in [3.8, 4) is 11.5 Å². The zero-order valence-corrected chi connectivity index (χ0v) is 9.16. The Hall–Kier alpha value is -1.18. The lowest BCUT2D eigenvalue weighted by molar-refractivity contribution is 0.406. The van der Waals surface area contributed by atoms with Gasteiger partial charge >= 0.3 is 0 Å². The Kier molecular flexibility index (Phi) is 2.85. The summed E-state index contributed by atoms with van der Waals surface area (Å²) in [4.78, 5) is 0. The average molecular weight is 206 g/mol. The summed E-state index contributed by atoms with van der Waals surface area (Å²) in [5, 5.41) is 19.5. The van der Waals surface area contributed by atoms with Gasteiger partial charge in [-0.1, -0.05) is 19.3 Å². The summed E-state index contributed by atoms with van der Waals surface area (Å²) in [6.07, 6.45) is 6.04. The summed E-state index contributed by atoms with van der Waals surface area (Å²) < 4.78 is 0. The zero-order chi connectivity index (χ0) is 10.8. The third-order valence-electron chi connectivity index (χ3n) is 3.48. The van der Waals surface area contributed by atoms with E-state index in [2.05, 4.69) is 0 Å². The molecule has 2 N–H and O–H groups in total. The van der Waals surface area contributed by atoms with E-state index in [0.29, 0.717) is 17.4 Å². The lowest BCUT2D eigenvalue weighted by Gasteiger charge is -2.24. The van der Waals surface area contributed by atoms with Crippen LogP contribution < -0.4 is 0 Å². The predicted molar refractivity (Wildman–Crippen MR) is 60.3 cm³/mol. The fourth-order valence-electron chi connectivity index (χ4n) is 2.61. The number of rotatable bonds is 1. The molecular formula is C13H18O2. The molecule has 1 saturated carbocycles. The molecule has 15 heavy (non-hydrogen) atoms. The van der Waals surface area contributed by atoms with E-state index in [1.807, 2.05) is 6.92 Å². The van der Waals surface area contributed by atoms with Gasteiger partial charge < -0.3 is 10.2 Å². The topological polar surface area (TPSA) is 40.5 Å². The van der Waals surface area contributed by atoms with E-state index in [1.165, 1.54) is 19.3 Å². The lowest BCUT2D eigenvalue weighted by atomic mass is 9.81. The Balaban J connectivity index is 2.36. The monoisotopic (exact) mass is 206 g/mol. The van der Waals surface area contributed by atoms with Crippen molar-refractivity contribution in [2.75, 3.05) is 0 Å². The quantitative estimate of drug-likeness (QED) is 0.691. The Morgan fingerprint density at radius 3 is 2.27 bits per heavy atom. The van der Waals surface area contributed by atoms with Crippen molar-refractivity contribution in [1.29, 1.82) is 0 Å². The molecule has 82 valence electrons. The Labute approximate surface area is 90.6 Å². The van der Waals surface area contributed by atoms with Crippen LogP contribution in [0, 0.1) is 6.92 Å². The van der Waals surface area contributed by atoms with Gasteiger partial charge in [0.15, 0.2) is 0 Å². The van der Waals surface area contributed by atoms with Gasteiger partial charge in [0, 0.05) is 5.56 Å². The third kappa shape index (κ3) is 1.94. The van der Waals surface area contributed by atoms with Crippen LogP contribution in [0.1, 0.15) is 49.1 Å². The van der Waals surface area contributed by atoms with Crippen LogP contribution >= 0.6 is 0 Å². The molecule has 1 aliphatic rings. The molecule has 0 bridgehead atoms. The summed E-state index contributed by atoms with van der Waals surface area (Å²) in [5.74, 6) is 1.08. The highest BCUT2D eigenvalue weighted by Crippen LogP contribution is 2.41. The fraction of sp³-hybridized carbons (Fsp3) is 0.538. The summed E-state index contributed by atoms with van der Waals surface area (Å²) in [6, 6.07) is 3.17. The number of aromatic hydroxyl groups is 2. The number of hydrogen-bond acceptors (Lipinski definition) is 2. The van der Waals surface area contributed by atoms with Crippen molar-refractivity contribution in [2.45, 2.75) is 44.9 Å². The molecule has 0 radical (unpaired) electrons. The maximum atomic E-state index is 9.86. The molecule has 0 amide bonds. The highest BCUT2D eigenvalue weighted by atomic mass is 16.3. The molecule has 1 aromatic rings. The van der Waals surface area contributed by atoms with E-state index in [1.54, 1.807) is 12.1 Å². The van der Waals surface area contributed by atoms with Crippen molar-refractivity contribution < 1.29 is 10.2 Å². The average Bonchev–Trinajstić information content (AvgIpc) is 2.26. The van der Waals surface area contributed by atoms with Gasteiger partial charge in [-0.3, -0.25) is 0 Å². The minimum atomic E-state index is 0.299. The van der Waals surface area contributed by atoms with Crippen molar-refractivity contribution in [3.05, 3.63) is 23.3 Å². The summed E-state index contributed by atoms with van der Waals surface area (Å²) >= 11 is 0. The molecular weight excluding hydrogens is 188 g/mol. The molecule has 0 spiro atoms. The van der Waals surface area contributed by atoms with Crippen LogP contribution in [0.2, 0.25) is 0 Å². The first-order valence-electron chi connectivity index (χ1n) is 5.71. The molecule has 1 fully saturated rings.